The lowest BCUT2D eigenvalue weighted by molar-refractivity contribution is 0.0563. The Morgan fingerprint density at radius 2 is 1.69 bits per heavy atom. The van der Waals surface area contributed by atoms with Gasteiger partial charge in [-0.05, 0) is 58.9 Å². The first-order valence-electron chi connectivity index (χ1n) is 10.1. The molecule has 0 spiro atoms. The molecule has 4 rings (SSSR count). The SMILES string of the molecule is CC(C)(C)c1cc2c(c(C(C)(C)C)c1)O[C@@H]1C=C(C3=CCCC3)C[C@@H]1O2. The smallest absolute Gasteiger partial charge is 0.166 e. The van der Waals surface area contributed by atoms with Gasteiger partial charge >= 0.3 is 0 Å². The molecule has 2 aliphatic carbocycles. The van der Waals surface area contributed by atoms with Crippen LogP contribution in [0.15, 0.2) is 35.4 Å². The van der Waals surface area contributed by atoms with Crippen LogP contribution in [0.5, 0.6) is 11.5 Å². The Morgan fingerprint density at radius 1 is 0.923 bits per heavy atom. The van der Waals surface area contributed by atoms with E-state index in [1.165, 1.54) is 41.5 Å². The summed E-state index contributed by atoms with van der Waals surface area (Å²) in [5, 5.41) is 0. The van der Waals surface area contributed by atoms with Gasteiger partial charge in [-0.1, -0.05) is 53.7 Å². The molecular formula is C24H32O2. The van der Waals surface area contributed by atoms with Crippen molar-refractivity contribution in [2.75, 3.05) is 0 Å². The van der Waals surface area contributed by atoms with Crippen molar-refractivity contribution in [3.8, 4) is 11.5 Å². The van der Waals surface area contributed by atoms with Crippen LogP contribution in [0.1, 0.15) is 78.4 Å². The molecule has 3 aliphatic rings. The maximum atomic E-state index is 6.54. The second-order valence-corrected chi connectivity index (χ2v) is 10.1. The molecule has 140 valence electrons. The summed E-state index contributed by atoms with van der Waals surface area (Å²) in [6.45, 7) is 13.5. The summed E-state index contributed by atoms with van der Waals surface area (Å²) in [6, 6.07) is 4.52. The zero-order chi connectivity index (χ0) is 18.7. The highest BCUT2D eigenvalue weighted by Crippen LogP contribution is 2.48. The third-order valence-corrected chi connectivity index (χ3v) is 5.87. The van der Waals surface area contributed by atoms with Crippen LogP contribution >= 0.6 is 0 Å². The lowest BCUT2D eigenvalue weighted by Gasteiger charge is -2.35. The van der Waals surface area contributed by atoms with Crippen molar-refractivity contribution in [1.29, 1.82) is 0 Å². The molecule has 0 radical (unpaired) electrons. The second kappa shape index (κ2) is 5.90. The highest BCUT2D eigenvalue weighted by Gasteiger charge is 2.39. The number of ether oxygens (including phenoxy) is 2. The van der Waals surface area contributed by atoms with Gasteiger partial charge in [-0.3, -0.25) is 0 Å². The number of hydrogen-bond donors (Lipinski definition) is 0. The van der Waals surface area contributed by atoms with E-state index >= 15 is 0 Å². The Labute approximate surface area is 158 Å². The van der Waals surface area contributed by atoms with Crippen LogP contribution in [0.4, 0.5) is 0 Å². The average molecular weight is 353 g/mol. The summed E-state index contributed by atoms with van der Waals surface area (Å²) >= 11 is 0. The van der Waals surface area contributed by atoms with E-state index in [0.29, 0.717) is 0 Å². The van der Waals surface area contributed by atoms with E-state index in [-0.39, 0.29) is 23.0 Å². The zero-order valence-corrected chi connectivity index (χ0v) is 17.1. The summed E-state index contributed by atoms with van der Waals surface area (Å²) in [5.74, 6) is 1.88. The molecule has 1 heterocycles. The van der Waals surface area contributed by atoms with Gasteiger partial charge in [-0.15, -0.1) is 0 Å². The third kappa shape index (κ3) is 3.08. The van der Waals surface area contributed by atoms with Crippen molar-refractivity contribution in [1.82, 2.24) is 0 Å². The fourth-order valence-corrected chi connectivity index (χ4v) is 4.23. The maximum absolute atomic E-state index is 6.54. The summed E-state index contributed by atoms with van der Waals surface area (Å²) < 4.78 is 13.1. The molecule has 0 fully saturated rings. The van der Waals surface area contributed by atoms with Crippen molar-refractivity contribution < 1.29 is 9.47 Å². The fraction of sp³-hybridized carbons (Fsp3) is 0.583. The lowest BCUT2D eigenvalue weighted by Crippen LogP contribution is -2.36. The van der Waals surface area contributed by atoms with Gasteiger partial charge in [0.1, 0.15) is 6.10 Å². The van der Waals surface area contributed by atoms with Crippen molar-refractivity contribution in [3.05, 3.63) is 46.6 Å². The van der Waals surface area contributed by atoms with E-state index in [0.717, 1.165) is 17.9 Å². The van der Waals surface area contributed by atoms with Crippen LogP contribution < -0.4 is 9.47 Å². The van der Waals surface area contributed by atoms with Gasteiger partial charge in [0, 0.05) is 12.0 Å². The molecule has 2 nitrogen and oxygen atoms in total. The predicted molar refractivity (Wildman–Crippen MR) is 107 cm³/mol. The Morgan fingerprint density at radius 3 is 2.31 bits per heavy atom. The third-order valence-electron chi connectivity index (χ3n) is 5.87. The maximum Gasteiger partial charge on any atom is 0.166 e. The van der Waals surface area contributed by atoms with Crippen molar-refractivity contribution in [2.45, 2.75) is 90.3 Å². The van der Waals surface area contributed by atoms with Crippen molar-refractivity contribution in [3.63, 3.8) is 0 Å². The molecule has 1 aliphatic heterocycles. The van der Waals surface area contributed by atoms with E-state index in [1.54, 1.807) is 0 Å². The van der Waals surface area contributed by atoms with E-state index in [9.17, 15) is 0 Å². The molecule has 2 atom stereocenters. The first kappa shape index (κ1) is 17.7. The van der Waals surface area contributed by atoms with Gasteiger partial charge < -0.3 is 9.47 Å². The summed E-state index contributed by atoms with van der Waals surface area (Å²) in [4.78, 5) is 0. The summed E-state index contributed by atoms with van der Waals surface area (Å²) in [6.07, 6.45) is 9.55. The molecule has 0 saturated heterocycles. The van der Waals surface area contributed by atoms with Gasteiger partial charge in [0.05, 0.1) is 0 Å². The molecule has 0 saturated carbocycles. The monoisotopic (exact) mass is 352 g/mol. The topological polar surface area (TPSA) is 18.5 Å². The van der Waals surface area contributed by atoms with Crippen LogP contribution in [-0.2, 0) is 10.8 Å². The zero-order valence-electron chi connectivity index (χ0n) is 17.1. The Kier molecular flexibility index (Phi) is 4.02. The summed E-state index contributed by atoms with van der Waals surface area (Å²) in [7, 11) is 0. The van der Waals surface area contributed by atoms with Gasteiger partial charge in [0.25, 0.3) is 0 Å². The van der Waals surface area contributed by atoms with Crippen molar-refractivity contribution in [2.24, 2.45) is 0 Å². The highest BCUT2D eigenvalue weighted by atomic mass is 16.6. The first-order chi connectivity index (χ1) is 12.1. The van der Waals surface area contributed by atoms with Gasteiger partial charge in [-0.25, -0.2) is 0 Å². The van der Waals surface area contributed by atoms with E-state index in [4.69, 9.17) is 9.47 Å². The van der Waals surface area contributed by atoms with Gasteiger partial charge in [-0.2, -0.15) is 0 Å². The normalized spacial score (nSPS) is 25.0. The molecular weight excluding hydrogens is 320 g/mol. The Bertz CT molecular complexity index is 784. The molecule has 0 amide bonds. The number of fused-ring (bicyclic) bond motifs is 2. The van der Waals surface area contributed by atoms with E-state index in [1.807, 2.05) is 0 Å². The number of hydrogen-bond acceptors (Lipinski definition) is 2. The predicted octanol–water partition coefficient (Wildman–Crippen LogP) is 6.23. The Balaban J connectivity index is 1.72. The molecule has 0 N–H and O–H groups in total. The number of benzene rings is 1. The number of rotatable bonds is 1. The van der Waals surface area contributed by atoms with Crippen LogP contribution in [0.25, 0.3) is 0 Å². The highest BCUT2D eigenvalue weighted by molar-refractivity contribution is 5.55. The molecule has 26 heavy (non-hydrogen) atoms. The minimum atomic E-state index is 0.0146. The van der Waals surface area contributed by atoms with E-state index < -0.39 is 0 Å². The number of allylic oxidation sites excluding steroid dienone is 2. The van der Waals surface area contributed by atoms with Gasteiger partial charge in [0.15, 0.2) is 17.6 Å². The van der Waals surface area contributed by atoms with Crippen LogP contribution in [-0.4, -0.2) is 12.2 Å². The second-order valence-electron chi connectivity index (χ2n) is 10.1. The molecule has 1 aromatic carbocycles. The molecule has 0 unspecified atom stereocenters. The molecule has 0 bridgehead atoms. The average Bonchev–Trinajstić information content (AvgIpc) is 3.18. The first-order valence-corrected chi connectivity index (χ1v) is 10.1. The Hall–Kier alpha value is -1.70. The minimum absolute atomic E-state index is 0.0146. The van der Waals surface area contributed by atoms with E-state index in [2.05, 4.69) is 65.8 Å². The van der Waals surface area contributed by atoms with Crippen LogP contribution in [0.3, 0.4) is 0 Å². The minimum Gasteiger partial charge on any atom is -0.482 e. The fourth-order valence-electron chi connectivity index (χ4n) is 4.23. The summed E-state index contributed by atoms with van der Waals surface area (Å²) in [5.41, 5.74) is 5.62. The quantitative estimate of drug-likeness (QED) is 0.596. The van der Waals surface area contributed by atoms with Crippen LogP contribution in [0.2, 0.25) is 0 Å². The standard InChI is InChI=1S/C24H32O2/c1-23(2,3)17-13-18(24(4,5)6)22-21(14-17)25-19-11-16(12-20(19)26-22)15-9-7-8-10-15/h9,12-14,19-20H,7-8,10-11H2,1-6H3/t19-,20+/m0/s1. The van der Waals surface area contributed by atoms with Gasteiger partial charge in [0.2, 0.25) is 0 Å². The largest absolute Gasteiger partial charge is 0.482 e. The van der Waals surface area contributed by atoms with Crippen molar-refractivity contribution >= 4 is 0 Å². The molecule has 2 heteroatoms. The van der Waals surface area contributed by atoms with Crippen LogP contribution in [0, 0.1) is 0 Å². The molecule has 1 aromatic rings. The molecule has 0 aromatic heterocycles. The lowest BCUT2D eigenvalue weighted by atomic mass is 9.79.